The molecule has 24 N–H and O–H groups in total. The topological polar surface area (TPSA) is 601 Å². The lowest BCUT2D eigenvalue weighted by molar-refractivity contribution is -0.350. The molecule has 8 aliphatic rings. The van der Waals surface area contributed by atoms with Crippen molar-refractivity contribution in [2.24, 2.45) is 17.4 Å². The van der Waals surface area contributed by atoms with Crippen molar-refractivity contribution in [1.29, 1.82) is 0 Å². The summed E-state index contributed by atoms with van der Waals surface area (Å²) in [5.74, 6) is -17.2. The van der Waals surface area contributed by atoms with Gasteiger partial charge < -0.3 is 153 Å². The number of amides is 7. The molecule has 9 heterocycles. The summed E-state index contributed by atoms with van der Waals surface area (Å²) < 4.78 is 64.9. The minimum atomic E-state index is -2.43. The third kappa shape index (κ3) is 20.2. The van der Waals surface area contributed by atoms with Gasteiger partial charge in [-0.2, -0.15) is 0 Å². The first-order valence-electron chi connectivity index (χ1n) is 39.5. The monoisotopic (exact) mass is 1800 g/mol. The van der Waals surface area contributed by atoms with E-state index in [1.165, 1.54) is 56.5 Å². The van der Waals surface area contributed by atoms with E-state index in [2.05, 4.69) is 42.5 Å². The number of aliphatic hydroxyl groups is 8. The molecule has 8 aliphatic heterocycles. The van der Waals surface area contributed by atoms with Gasteiger partial charge >= 0.3 is 5.97 Å². The summed E-state index contributed by atoms with van der Waals surface area (Å²) >= 11 is 15.9. The molecular weight excluding hydrogens is 1710 g/mol. The number of aromatic hydroxyl groups is 3. The van der Waals surface area contributed by atoms with Crippen LogP contribution < -0.4 is 68.2 Å². The predicted molar refractivity (Wildman–Crippen MR) is 436 cm³/mol. The molecule has 42 heteroatoms. The maximum Gasteiger partial charge on any atom is 0.330 e. The van der Waals surface area contributed by atoms with Crippen LogP contribution in [0.25, 0.3) is 21.6 Å². The van der Waals surface area contributed by atoms with E-state index in [0.717, 1.165) is 82.0 Å². The van der Waals surface area contributed by atoms with Gasteiger partial charge in [0.2, 0.25) is 53.4 Å². The Kier molecular flexibility index (Phi) is 28.3. The molecule has 3 fully saturated rings. The number of thiophene rings is 1. The first-order chi connectivity index (χ1) is 59.3. The predicted octanol–water partition coefficient (Wildman–Crippen LogP) is 1.60. The molecule has 15 rings (SSSR count). The number of phenolic OH excluding ortho intramolecular Hbond substituents is 3. The number of hydrogen-bond acceptors (Lipinski definition) is 31. The first-order valence-corrected chi connectivity index (χ1v) is 41.0. The smallest absolute Gasteiger partial charge is 0.330 e. The number of carboxylic acids is 1. The molecule has 3 saturated heterocycles. The standard InChI is InChI=1S/C83H93Cl2FN10O28S/c1-31(2)18-45(89-5)74(109)95-62-64(102)35-9-15-49(43(84)20-35)118-51-22-37-23-52(71(51)123-82-69(107)67(105)72(54(30-97)121-82)124-81-68(106)66(104)65(103)53(120-81)29-90-28-40-13-17-55(125-40)33-6-11-38(86)12-7-33)119-50-16-10-36(21-44(50)85)70(122-57-27-83(4,88)73(108)32(3)117-57)63-79(114)94-61(80(115)116)42-24-39(98)25-48(100)58(42)41-19-34(8-14-47(41)99)59(76(111)96-63)93-77(112)60(37)92-75(110)46(26-56(87)101)91-78(62)113/h6-17,19-25,31-32,45-46,53-54,57,59-70,72-73,81-82,89-90,97-100,102-108H,18,26-30,88H2,1-5H3,(H2,87,101)(H,91,113)(H,92,110)(H,93,112)(H,94,114)(H,95,109)(H,96,111)(H,115,116)/t32-,45+,46+,53+,54+,57?,59+,60+,61+,62?,63-,64+,65-,66-,67+,68+,69+,70+,72+,73-,81-,82-,83-/m0/s1. The number of carbonyl (C=O) groups excluding carboxylic acids is 7. The highest BCUT2D eigenvalue weighted by molar-refractivity contribution is 7.15. The highest BCUT2D eigenvalue weighted by Gasteiger charge is 2.53. The van der Waals surface area contributed by atoms with E-state index in [-0.39, 0.29) is 43.0 Å². The Balaban J connectivity index is 0.967. The van der Waals surface area contributed by atoms with Gasteiger partial charge in [0.1, 0.15) is 126 Å². The average Bonchev–Trinajstić information content (AvgIpc) is 1.12. The number of rotatable bonds is 20. The lowest BCUT2D eigenvalue weighted by Gasteiger charge is -2.46. The van der Waals surface area contributed by atoms with Crippen LogP contribution >= 0.6 is 34.5 Å². The number of carboxylic acid groups (broad SMARTS) is 1. The van der Waals surface area contributed by atoms with Crippen LogP contribution in [0.1, 0.15) is 110 Å². The average molecular weight is 1800 g/mol. The van der Waals surface area contributed by atoms with Gasteiger partial charge in [-0.25, -0.2) is 9.18 Å². The number of carbonyl (C=O) groups is 8. The number of fused-ring (bicyclic) bond motifs is 15. The largest absolute Gasteiger partial charge is 0.508 e. The molecule has 0 aliphatic carbocycles. The lowest BCUT2D eigenvalue weighted by Crippen LogP contribution is -2.65. The van der Waals surface area contributed by atoms with Crippen LogP contribution in [0, 0.1) is 11.7 Å². The van der Waals surface area contributed by atoms with Crippen LogP contribution in [0.3, 0.4) is 0 Å². The maximum absolute atomic E-state index is 16.4. The van der Waals surface area contributed by atoms with Gasteiger partial charge in [-0.3, -0.25) is 33.6 Å². The summed E-state index contributed by atoms with van der Waals surface area (Å²) in [6, 6.07) is 8.41. The third-order valence-electron chi connectivity index (χ3n) is 22.1. The van der Waals surface area contributed by atoms with Gasteiger partial charge in [0.15, 0.2) is 30.1 Å². The molecule has 7 amide bonds. The summed E-state index contributed by atoms with van der Waals surface area (Å²) in [7, 11) is 1.46. The molecular formula is C83H93Cl2FN10O28S. The van der Waals surface area contributed by atoms with Crippen LogP contribution in [0.4, 0.5) is 4.39 Å². The van der Waals surface area contributed by atoms with Gasteiger partial charge in [-0.1, -0.05) is 67.4 Å². The van der Waals surface area contributed by atoms with E-state index in [1.54, 1.807) is 26.0 Å². The summed E-state index contributed by atoms with van der Waals surface area (Å²) in [6.45, 7) is 5.39. The Hall–Kier alpha value is -10.6. The van der Waals surface area contributed by atoms with E-state index < -0.39 is 290 Å². The van der Waals surface area contributed by atoms with Crippen LogP contribution in [0.15, 0.2) is 115 Å². The van der Waals surface area contributed by atoms with Crippen molar-refractivity contribution in [3.05, 3.63) is 164 Å². The van der Waals surface area contributed by atoms with Gasteiger partial charge in [-0.05, 0) is 140 Å². The Morgan fingerprint density at radius 3 is 1.94 bits per heavy atom. The molecule has 1 aromatic heterocycles. The van der Waals surface area contributed by atoms with Crippen molar-refractivity contribution in [2.75, 3.05) is 20.2 Å². The van der Waals surface area contributed by atoms with E-state index in [9.17, 15) is 80.1 Å². The molecule has 11 bridgehead atoms. The van der Waals surface area contributed by atoms with Crippen molar-refractivity contribution >= 4 is 81.9 Å². The molecule has 7 aromatic rings. The number of ether oxygens (including phenoxy) is 8. The summed E-state index contributed by atoms with van der Waals surface area (Å²) in [6.07, 6.45) is -29.3. The minimum absolute atomic E-state index is 0.133. The van der Waals surface area contributed by atoms with Crippen molar-refractivity contribution in [3.63, 3.8) is 0 Å². The molecule has 125 heavy (non-hydrogen) atoms. The number of aliphatic hydroxyl groups excluding tert-OH is 8. The van der Waals surface area contributed by atoms with E-state index in [0.29, 0.717) is 0 Å². The summed E-state index contributed by atoms with van der Waals surface area (Å²) in [5, 5.41) is 159. The van der Waals surface area contributed by atoms with E-state index in [4.69, 9.17) is 72.6 Å². The Bertz CT molecular complexity index is 5230. The van der Waals surface area contributed by atoms with Gasteiger partial charge in [0.25, 0.3) is 0 Å². The van der Waals surface area contributed by atoms with Crippen LogP contribution in [-0.2, 0) is 68.6 Å². The van der Waals surface area contributed by atoms with Crippen molar-refractivity contribution in [1.82, 2.24) is 42.5 Å². The minimum Gasteiger partial charge on any atom is -0.508 e. The zero-order valence-corrected chi connectivity index (χ0v) is 69.4. The normalized spacial score (nSPS) is 29.8. The third-order valence-corrected chi connectivity index (χ3v) is 23.9. The van der Waals surface area contributed by atoms with Gasteiger partial charge in [0.05, 0.1) is 41.3 Å². The number of hydrogen-bond donors (Lipinski definition) is 22. The van der Waals surface area contributed by atoms with Crippen LogP contribution in [0.2, 0.25) is 10.0 Å². The molecule has 0 saturated carbocycles. The number of likely N-dealkylation sites (N-methyl/N-ethyl adjacent to an activating group) is 1. The van der Waals surface area contributed by atoms with Crippen molar-refractivity contribution < 1.29 is 142 Å². The maximum atomic E-state index is 16.4. The zero-order chi connectivity index (χ0) is 90.2. The van der Waals surface area contributed by atoms with Crippen molar-refractivity contribution in [3.8, 4) is 67.6 Å². The number of nitrogens with two attached hydrogens (primary N) is 2. The number of halogens is 3. The molecule has 0 radical (unpaired) electrons. The fraction of sp³-hybridized carbons (Fsp3) is 0.422. The number of benzene rings is 6. The highest BCUT2D eigenvalue weighted by atomic mass is 35.5. The van der Waals surface area contributed by atoms with Crippen molar-refractivity contribution in [2.45, 2.75) is 193 Å². The SMILES string of the molecule is CN[C@H](CC(C)C)C(=O)NC1C(=O)N[C@H](CC(N)=O)C(=O)N[C@H]2C(=O)N[C@H]3C(=O)N[C@H](C(=O)N[C@@H](C(=O)O)c4cc(O)cc(O)c4-c4cc3ccc4O)[C@H](OC3C[C@](C)(N)[C@@H](O)[C@H](C)O3)c3ccc(c(Cl)c3)Oc3cc2cc(c3O[C@@H]2O[C@H](CO)[C@@H](O[C@@H]3O[C@H](CNCc4ccc(-c5ccc(F)cc5)s4)[C@H](O)[C@H](O)[C@H]3O)[C@H](O)[C@H]2O)Oc2ccc(cc2Cl)[C@H]1O. The molecule has 670 valence electrons. The molecule has 23 atom stereocenters. The number of aliphatic carboxylic acids is 1. The fourth-order valence-corrected chi connectivity index (χ4v) is 17.0. The van der Waals surface area contributed by atoms with Crippen LogP contribution in [0.5, 0.6) is 46.0 Å². The zero-order valence-electron chi connectivity index (χ0n) is 67.1. The number of phenols is 3. The first kappa shape index (κ1) is 92.1. The second kappa shape index (κ2) is 38.3. The van der Waals surface area contributed by atoms with E-state index >= 15 is 24.0 Å². The number of primary amides is 1. The Morgan fingerprint density at radius 2 is 1.30 bits per heavy atom. The van der Waals surface area contributed by atoms with Crippen LogP contribution in [-0.4, -0.2) is 238 Å². The van der Waals surface area contributed by atoms with E-state index in [1.807, 2.05) is 12.1 Å². The molecule has 0 spiro atoms. The highest BCUT2D eigenvalue weighted by Crippen LogP contribution is 2.51. The quantitative estimate of drug-likeness (QED) is 0.0515. The molecule has 6 aromatic carbocycles. The number of nitrogens with one attached hydrogen (secondary N) is 8. The lowest BCUT2D eigenvalue weighted by atomic mass is 9.86. The summed E-state index contributed by atoms with van der Waals surface area (Å²) in [4.78, 5) is 122. The summed E-state index contributed by atoms with van der Waals surface area (Å²) in [5.41, 5.74) is 8.71. The molecule has 38 nitrogen and oxygen atoms in total. The van der Waals surface area contributed by atoms with Gasteiger partial charge in [-0.15, -0.1) is 11.3 Å². The Labute approximate surface area is 725 Å². The second-order valence-electron chi connectivity index (χ2n) is 31.7. The second-order valence-corrected chi connectivity index (χ2v) is 33.7. The fourth-order valence-electron chi connectivity index (χ4n) is 15.6. The molecule has 2 unspecified atom stereocenters. The van der Waals surface area contributed by atoms with Gasteiger partial charge in [0, 0.05) is 57.6 Å². The Morgan fingerprint density at radius 1 is 0.672 bits per heavy atom.